The van der Waals surface area contributed by atoms with E-state index in [4.69, 9.17) is 23.2 Å². The summed E-state index contributed by atoms with van der Waals surface area (Å²) in [5.74, 6) is 0. The van der Waals surface area contributed by atoms with Crippen molar-refractivity contribution in [3.8, 4) is 0 Å². The number of hydrogen-bond acceptors (Lipinski definition) is 5. The first-order valence-electron chi connectivity index (χ1n) is 9.20. The summed E-state index contributed by atoms with van der Waals surface area (Å²) in [6.07, 6.45) is 1.87. The Bertz CT molecular complexity index is 1070. The van der Waals surface area contributed by atoms with Crippen LogP contribution >= 0.6 is 34.5 Å². The number of aliphatic hydroxyl groups excluding tert-OH is 1. The summed E-state index contributed by atoms with van der Waals surface area (Å²) in [4.78, 5) is 8.57. The van der Waals surface area contributed by atoms with Gasteiger partial charge in [0.1, 0.15) is 17.6 Å². The highest BCUT2D eigenvalue weighted by molar-refractivity contribution is 7.84. The minimum Gasteiger partial charge on any atom is -0.383 e. The van der Waals surface area contributed by atoms with Crippen LogP contribution in [0.15, 0.2) is 48.2 Å². The van der Waals surface area contributed by atoms with Crippen molar-refractivity contribution in [3.05, 3.63) is 80.0 Å². The van der Waals surface area contributed by atoms with Crippen molar-refractivity contribution >= 4 is 45.5 Å². The molecule has 0 saturated carbocycles. The summed E-state index contributed by atoms with van der Waals surface area (Å²) in [6, 6.07) is 9.33. The summed E-state index contributed by atoms with van der Waals surface area (Å²) in [5, 5.41) is 13.6. The van der Waals surface area contributed by atoms with E-state index in [1.54, 1.807) is 6.07 Å². The molecule has 0 fully saturated rings. The Labute approximate surface area is 193 Å². The molecular formula is C21H23Cl2N3O2S2. The fraction of sp³-hybridized carbons (Fsp3) is 0.333. The zero-order valence-electron chi connectivity index (χ0n) is 17.0. The van der Waals surface area contributed by atoms with Crippen LogP contribution in [0.1, 0.15) is 55.4 Å². The van der Waals surface area contributed by atoms with E-state index in [1.165, 1.54) is 23.9 Å². The molecule has 1 aromatic carbocycles. The number of hydrogen-bond donors (Lipinski definition) is 2. The van der Waals surface area contributed by atoms with E-state index in [1.807, 2.05) is 57.3 Å². The molecule has 2 unspecified atom stereocenters. The molecule has 0 aliphatic rings. The highest BCUT2D eigenvalue weighted by atomic mass is 35.5. The van der Waals surface area contributed by atoms with Crippen molar-refractivity contribution in [1.82, 2.24) is 14.7 Å². The molecule has 0 aliphatic carbocycles. The molecule has 3 aromatic rings. The predicted molar refractivity (Wildman–Crippen MR) is 124 cm³/mol. The van der Waals surface area contributed by atoms with E-state index in [9.17, 15) is 9.32 Å². The summed E-state index contributed by atoms with van der Waals surface area (Å²) in [7, 11) is -1.35. The number of rotatable bonds is 6. The molecule has 0 bridgehead atoms. The predicted octanol–water partition coefficient (Wildman–Crippen LogP) is 5.24. The average Bonchev–Trinajstić information content (AvgIpc) is 3.18. The van der Waals surface area contributed by atoms with Gasteiger partial charge in [0.15, 0.2) is 0 Å². The lowest BCUT2D eigenvalue weighted by molar-refractivity contribution is 0.223. The largest absolute Gasteiger partial charge is 0.383 e. The summed E-state index contributed by atoms with van der Waals surface area (Å²) >= 11 is 13.8. The Morgan fingerprint density at radius 1 is 1.17 bits per heavy atom. The lowest BCUT2D eigenvalue weighted by atomic mass is 9.87. The van der Waals surface area contributed by atoms with Crippen molar-refractivity contribution in [1.29, 1.82) is 0 Å². The third kappa shape index (κ3) is 4.93. The van der Waals surface area contributed by atoms with Gasteiger partial charge in [-0.1, -0.05) is 35.3 Å². The van der Waals surface area contributed by atoms with Crippen LogP contribution in [-0.4, -0.2) is 24.0 Å². The highest BCUT2D eigenvalue weighted by Crippen LogP contribution is 2.38. The van der Waals surface area contributed by atoms with Gasteiger partial charge in [-0.05, 0) is 62.4 Å². The Balaban J connectivity index is 2.05. The Morgan fingerprint density at radius 3 is 2.53 bits per heavy atom. The first kappa shape index (κ1) is 23.3. The maximum absolute atomic E-state index is 13.0. The van der Waals surface area contributed by atoms with Gasteiger partial charge in [0, 0.05) is 21.7 Å². The molecular weight excluding hydrogens is 461 g/mol. The zero-order valence-corrected chi connectivity index (χ0v) is 20.2. The van der Waals surface area contributed by atoms with Crippen LogP contribution in [0.3, 0.4) is 0 Å². The van der Waals surface area contributed by atoms with E-state index in [-0.39, 0.29) is 5.15 Å². The average molecular weight is 484 g/mol. The van der Waals surface area contributed by atoms with E-state index >= 15 is 0 Å². The first-order valence-corrected chi connectivity index (χ1v) is 12.0. The van der Waals surface area contributed by atoms with Crippen molar-refractivity contribution in [3.63, 3.8) is 0 Å². The Hall–Kier alpha value is -1.35. The molecule has 3 rings (SSSR count). The van der Waals surface area contributed by atoms with E-state index in [2.05, 4.69) is 14.7 Å². The van der Waals surface area contributed by atoms with Gasteiger partial charge in [0.05, 0.1) is 21.3 Å². The minimum atomic E-state index is -1.35. The van der Waals surface area contributed by atoms with Gasteiger partial charge in [0.2, 0.25) is 0 Å². The first-order chi connectivity index (χ1) is 14.0. The van der Waals surface area contributed by atoms with Crippen molar-refractivity contribution in [2.24, 2.45) is 0 Å². The second-order valence-electron chi connectivity index (χ2n) is 8.03. The number of halogens is 2. The van der Waals surface area contributed by atoms with Gasteiger partial charge < -0.3 is 5.11 Å². The van der Waals surface area contributed by atoms with E-state index in [0.29, 0.717) is 15.5 Å². The topological polar surface area (TPSA) is 75.1 Å². The van der Waals surface area contributed by atoms with Gasteiger partial charge in [-0.2, -0.15) is 0 Å². The van der Waals surface area contributed by atoms with Crippen LogP contribution in [0.25, 0.3) is 0 Å². The molecule has 3 atom stereocenters. The standard InChI is InChI=1S/C21H23Cl2N3O2S2/c1-20(2,3)30(28)26-21(4,13-6-5-7-15(22)8-13)14-9-17(29-11-14)18(27)16-10-24-12-25-19(16)23/h5-12,18,26-27H,1-4H3/t18?,21-,30?/m0/s1. The SMILES string of the molecule is CC(C)(C)S(=O)N[C@@](C)(c1cccc(Cl)c1)c1csc(C(O)c2cncnc2Cl)c1. The van der Waals surface area contributed by atoms with Gasteiger partial charge in [-0.3, -0.25) is 0 Å². The van der Waals surface area contributed by atoms with Gasteiger partial charge in [-0.25, -0.2) is 18.9 Å². The molecule has 160 valence electrons. The normalized spacial score (nSPS) is 16.1. The number of nitrogens with zero attached hydrogens (tertiary/aromatic N) is 2. The number of aromatic nitrogens is 2. The molecule has 9 heteroatoms. The Morgan fingerprint density at radius 2 is 1.90 bits per heavy atom. The molecule has 0 radical (unpaired) electrons. The summed E-state index contributed by atoms with van der Waals surface area (Å²) < 4.78 is 15.8. The molecule has 2 heterocycles. The van der Waals surface area contributed by atoms with Crippen molar-refractivity contribution in [2.45, 2.75) is 44.1 Å². The van der Waals surface area contributed by atoms with Gasteiger partial charge >= 0.3 is 0 Å². The molecule has 0 saturated heterocycles. The van der Waals surface area contributed by atoms with Crippen molar-refractivity contribution < 1.29 is 9.32 Å². The number of nitrogens with one attached hydrogen (secondary N) is 1. The fourth-order valence-electron chi connectivity index (χ4n) is 2.84. The molecule has 5 nitrogen and oxygen atoms in total. The highest BCUT2D eigenvalue weighted by Gasteiger charge is 2.35. The van der Waals surface area contributed by atoms with Crippen LogP contribution in [-0.2, 0) is 16.5 Å². The summed E-state index contributed by atoms with van der Waals surface area (Å²) in [6.45, 7) is 7.69. The minimum absolute atomic E-state index is 0.206. The molecule has 30 heavy (non-hydrogen) atoms. The summed E-state index contributed by atoms with van der Waals surface area (Å²) in [5.41, 5.74) is 1.36. The monoisotopic (exact) mass is 483 g/mol. The third-order valence-corrected chi connectivity index (χ3v) is 7.95. The van der Waals surface area contributed by atoms with Crippen LogP contribution in [0.2, 0.25) is 10.2 Å². The smallest absolute Gasteiger partial charge is 0.138 e. The molecule has 0 amide bonds. The number of aliphatic hydroxyl groups is 1. The molecule has 0 aliphatic heterocycles. The van der Waals surface area contributed by atoms with Gasteiger partial charge in [-0.15, -0.1) is 11.3 Å². The van der Waals surface area contributed by atoms with Crippen molar-refractivity contribution in [2.75, 3.05) is 0 Å². The second-order valence-corrected chi connectivity index (χ2v) is 11.7. The maximum atomic E-state index is 13.0. The lowest BCUT2D eigenvalue weighted by Crippen LogP contribution is -2.46. The van der Waals surface area contributed by atoms with Crippen LogP contribution < -0.4 is 4.72 Å². The van der Waals surface area contributed by atoms with E-state index < -0.39 is 27.4 Å². The van der Waals surface area contributed by atoms with Crippen LogP contribution in [0.4, 0.5) is 0 Å². The molecule has 2 aromatic heterocycles. The maximum Gasteiger partial charge on any atom is 0.138 e. The van der Waals surface area contributed by atoms with Crippen LogP contribution in [0, 0.1) is 0 Å². The fourth-order valence-corrected chi connectivity index (χ4v) is 5.16. The lowest BCUT2D eigenvalue weighted by Gasteiger charge is -2.33. The second kappa shape index (κ2) is 9.02. The zero-order chi connectivity index (χ0) is 22.1. The van der Waals surface area contributed by atoms with Crippen LogP contribution in [0.5, 0.6) is 0 Å². The quantitative estimate of drug-likeness (QED) is 0.469. The number of thiophene rings is 1. The third-order valence-electron chi connectivity index (χ3n) is 4.71. The molecule has 2 N–H and O–H groups in total. The Kier molecular flexibility index (Phi) is 7.01. The van der Waals surface area contributed by atoms with E-state index in [0.717, 1.165) is 11.1 Å². The molecule has 0 spiro atoms. The van der Waals surface area contributed by atoms with Gasteiger partial charge in [0.25, 0.3) is 0 Å². The number of benzene rings is 1.